The van der Waals surface area contributed by atoms with Crippen LogP contribution in [0.2, 0.25) is 0 Å². The molecule has 0 aliphatic carbocycles. The first-order valence-corrected chi connectivity index (χ1v) is 22.6. The number of carbonyl (C=O) groups excluding carboxylic acids is 2. The normalized spacial score (nSPS) is 10.2. The van der Waals surface area contributed by atoms with Crippen LogP contribution in [0, 0.1) is 0 Å². The quantitative estimate of drug-likeness (QED) is 0.0399. The molecule has 0 bridgehead atoms. The molecule has 0 aromatic rings. The van der Waals surface area contributed by atoms with Crippen LogP contribution in [0.3, 0.4) is 0 Å². The molecule has 0 radical (unpaired) electrons. The summed E-state index contributed by atoms with van der Waals surface area (Å²) in [5.41, 5.74) is 0. The van der Waals surface area contributed by atoms with Crippen LogP contribution in [0.5, 0.6) is 0 Å². The molecule has 0 aromatic heterocycles. The number of thiol groups is 2. The first kappa shape index (κ1) is 52.5. The molecule has 0 rings (SSSR count). The Hall–Kier alpha value is -0.360. The lowest BCUT2D eigenvalue weighted by atomic mass is 10.1. The smallest absolute Gasteiger partial charge is 0.105 e. The number of rotatable bonds is 32. The van der Waals surface area contributed by atoms with Crippen molar-refractivity contribution >= 4 is 35.5 Å². The molecule has 0 aliphatic rings. The predicted octanol–water partition coefficient (Wildman–Crippen LogP) is 10.1. The molecular weight excluding hydrogens is 609 g/mol. The summed E-state index contributed by atoms with van der Waals surface area (Å²) < 4.78 is 0. The van der Waals surface area contributed by atoms with Gasteiger partial charge in [0.15, 0.2) is 0 Å². The first-order valence-electron chi connectivity index (χ1n) is 20.0. The average molecular weight is 693 g/mol. The number of aliphatic carboxylic acids is 2. The van der Waals surface area contributed by atoms with E-state index in [1.807, 2.05) is 0 Å². The fourth-order valence-electron chi connectivity index (χ4n) is 4.46. The fourth-order valence-corrected chi connectivity index (χ4v) is 7.07. The number of unbranched alkanes of at least 4 members (excludes halogenated alkanes) is 20. The zero-order valence-electron chi connectivity index (χ0n) is 32.2. The van der Waals surface area contributed by atoms with Crippen LogP contribution in [0.4, 0.5) is 0 Å². The molecule has 0 amide bonds. The van der Waals surface area contributed by atoms with Gasteiger partial charge in [-0.2, -0.15) is 0 Å². The first-order chi connectivity index (χ1) is 22.4. The molecule has 46 heavy (non-hydrogen) atoms. The Morgan fingerprint density at radius 2 is 0.522 bits per heavy atom. The lowest BCUT2D eigenvalue weighted by Crippen LogP contribution is -2.21. The van der Waals surface area contributed by atoms with Gasteiger partial charge in [0, 0.05) is 11.9 Å². The van der Waals surface area contributed by atoms with Crippen molar-refractivity contribution in [1.29, 1.82) is 0 Å². The Kier molecular flexibility index (Phi) is 61.7. The van der Waals surface area contributed by atoms with E-state index in [4.69, 9.17) is 0 Å². The Balaban J connectivity index is -0.000000261. The van der Waals surface area contributed by atoms with Gasteiger partial charge in [0.25, 0.3) is 0 Å². The second-order valence-corrected chi connectivity index (χ2v) is 15.3. The Morgan fingerprint density at radius 3 is 0.717 bits per heavy atom. The van der Waals surface area contributed by atoms with Crippen LogP contribution in [0.15, 0.2) is 0 Å². The molecule has 0 aliphatic heterocycles. The molecule has 0 aromatic carbocycles. The van der Waals surface area contributed by atoms with E-state index in [2.05, 4.69) is 41.5 Å². The summed E-state index contributed by atoms with van der Waals surface area (Å²) >= 11 is 3.35. The van der Waals surface area contributed by atoms with Gasteiger partial charge >= 0.3 is 0 Å². The lowest BCUT2D eigenvalue weighted by Gasteiger charge is -2.02. The van der Waals surface area contributed by atoms with Crippen molar-refractivity contribution in [2.24, 2.45) is 0 Å². The summed E-state index contributed by atoms with van der Waals surface area (Å²) in [4.78, 5) is 20.2. The third kappa shape index (κ3) is 70.1. The van der Waals surface area contributed by atoms with Gasteiger partial charge in [-0.3, -0.25) is 0 Å². The third-order valence-corrected chi connectivity index (χ3v) is 10.2. The van der Waals surface area contributed by atoms with E-state index in [-0.39, 0.29) is 12.8 Å². The van der Waals surface area contributed by atoms with Crippen molar-refractivity contribution < 1.29 is 19.8 Å². The summed E-state index contributed by atoms with van der Waals surface area (Å²) in [7, 11) is 0. The van der Waals surface area contributed by atoms with Gasteiger partial charge in [-0.05, 0) is 74.9 Å². The molecule has 0 saturated carbocycles. The summed E-state index contributed by atoms with van der Waals surface area (Å²) in [6.07, 6.45) is 33.5. The Morgan fingerprint density at radius 1 is 0.326 bits per heavy atom. The van der Waals surface area contributed by atoms with Crippen molar-refractivity contribution in [3.05, 3.63) is 0 Å². The van der Waals surface area contributed by atoms with Crippen molar-refractivity contribution in [3.63, 3.8) is 0 Å². The minimum atomic E-state index is -0.909. The molecule has 0 fully saturated rings. The molecule has 0 heterocycles. The number of carboxylic acids is 2. The van der Waals surface area contributed by atoms with Gasteiger partial charge < -0.3 is 19.8 Å². The molecule has 6 heteroatoms. The van der Waals surface area contributed by atoms with Gasteiger partial charge in [0.05, 0.1) is 0 Å². The van der Waals surface area contributed by atoms with E-state index in [0.29, 0.717) is 0 Å². The highest BCUT2D eigenvalue weighted by Crippen LogP contribution is 2.11. The molecule has 280 valence electrons. The minimum Gasteiger partial charge on any atom is -0.550 e. The second-order valence-electron chi connectivity index (χ2n) is 12.7. The highest BCUT2D eigenvalue weighted by Gasteiger charge is 1.95. The lowest BCUT2D eigenvalue weighted by molar-refractivity contribution is -0.307. The Labute approximate surface area is 298 Å². The molecular formula is C40H84O4S2. The van der Waals surface area contributed by atoms with E-state index < -0.39 is 11.9 Å². The van der Waals surface area contributed by atoms with E-state index in [1.54, 1.807) is 23.5 Å². The molecule has 4 nitrogen and oxygen atoms in total. The topological polar surface area (TPSA) is 80.3 Å². The average Bonchev–Trinajstić information content (AvgIpc) is 3.04. The molecule has 0 spiro atoms. The van der Waals surface area contributed by atoms with Crippen molar-refractivity contribution in [2.75, 3.05) is 23.0 Å². The number of hydrogen-bond acceptors (Lipinski definition) is 4. The number of carbonyl (C=O) groups is 2. The zero-order valence-corrected chi connectivity index (χ0v) is 33.9. The molecule has 0 unspecified atom stereocenters. The van der Waals surface area contributed by atoms with Crippen LogP contribution < -0.4 is 10.2 Å². The van der Waals surface area contributed by atoms with Gasteiger partial charge in [-0.1, -0.05) is 170 Å². The van der Waals surface area contributed by atoms with Crippen LogP contribution in [0.25, 0.3) is 0 Å². The summed E-state index contributed by atoms with van der Waals surface area (Å²) in [5.74, 6) is 3.89. The SMILES string of the molecule is CCCCCCCCCCCC(=O)[O-].CCCCCCCCCCCC(=O)[O-].CCCC[SH+]CCCC.CCCC[SH+]CCCC. The fraction of sp³-hybridized carbons (Fsp3) is 0.950. The maximum Gasteiger partial charge on any atom is 0.105 e. The van der Waals surface area contributed by atoms with Crippen LogP contribution in [0.1, 0.15) is 221 Å². The summed E-state index contributed by atoms with van der Waals surface area (Å²) in [5, 5.41) is 20.2. The van der Waals surface area contributed by atoms with Crippen molar-refractivity contribution in [3.8, 4) is 0 Å². The second kappa shape index (κ2) is 54.1. The summed E-state index contributed by atoms with van der Waals surface area (Å²) in [6.45, 7) is 13.5. The van der Waals surface area contributed by atoms with Gasteiger partial charge in [0.2, 0.25) is 0 Å². The van der Waals surface area contributed by atoms with Crippen LogP contribution in [-0.2, 0) is 33.1 Å². The number of hydrogen-bond donors (Lipinski definition) is 0. The molecule has 0 saturated heterocycles. The van der Waals surface area contributed by atoms with Crippen LogP contribution >= 0.6 is 0 Å². The zero-order chi connectivity index (χ0) is 35.2. The van der Waals surface area contributed by atoms with Gasteiger partial charge in [-0.15, -0.1) is 0 Å². The van der Waals surface area contributed by atoms with Gasteiger partial charge in [0.1, 0.15) is 23.0 Å². The van der Waals surface area contributed by atoms with E-state index >= 15 is 0 Å². The largest absolute Gasteiger partial charge is 0.550 e. The predicted molar refractivity (Wildman–Crippen MR) is 210 cm³/mol. The van der Waals surface area contributed by atoms with Crippen LogP contribution in [-0.4, -0.2) is 35.0 Å². The van der Waals surface area contributed by atoms with Crippen molar-refractivity contribution in [2.45, 2.75) is 221 Å². The van der Waals surface area contributed by atoms with E-state index in [0.717, 1.165) is 25.7 Å². The monoisotopic (exact) mass is 693 g/mol. The van der Waals surface area contributed by atoms with Gasteiger partial charge in [-0.25, -0.2) is 0 Å². The maximum atomic E-state index is 10.1. The van der Waals surface area contributed by atoms with E-state index in [1.165, 1.54) is 164 Å². The minimum absolute atomic E-state index is 0.232. The Bertz CT molecular complexity index is 473. The number of carboxylic acid groups (broad SMARTS) is 2. The third-order valence-electron chi connectivity index (χ3n) is 7.65. The highest BCUT2D eigenvalue weighted by atomic mass is 32.2. The van der Waals surface area contributed by atoms with E-state index in [9.17, 15) is 19.8 Å². The highest BCUT2D eigenvalue weighted by molar-refractivity contribution is 7.78. The summed E-state index contributed by atoms with van der Waals surface area (Å²) in [6, 6.07) is 0. The maximum absolute atomic E-state index is 10.1. The van der Waals surface area contributed by atoms with Crippen molar-refractivity contribution in [1.82, 2.24) is 0 Å². The molecule has 0 N–H and O–H groups in total. The standard InChI is InChI=1S/2C12H24O2.2C8H18S/c2*1-2-3-4-5-6-7-8-9-10-11-12(13)14;2*1-3-5-7-9-8-6-4-2/h2*2-11H2,1H3,(H,13,14);2*3-8H2,1-2H3. The molecule has 0 atom stereocenters.